The highest BCUT2D eigenvalue weighted by Crippen LogP contribution is 2.32. The van der Waals surface area contributed by atoms with E-state index in [2.05, 4.69) is 10.5 Å². The van der Waals surface area contributed by atoms with E-state index in [1.54, 1.807) is 24.3 Å². The molecule has 174 valence electrons. The Kier molecular flexibility index (Phi) is 7.57. The molecule has 3 rings (SSSR count). The van der Waals surface area contributed by atoms with Crippen molar-refractivity contribution in [2.45, 2.75) is 4.90 Å². The summed E-state index contributed by atoms with van der Waals surface area (Å²) >= 11 is 0. The number of hydrogen-bond donors (Lipinski definition) is 1. The molecule has 0 atom stereocenters. The first-order valence-corrected chi connectivity index (χ1v) is 11.1. The van der Waals surface area contributed by atoms with Gasteiger partial charge < -0.3 is 18.6 Å². The van der Waals surface area contributed by atoms with Crippen LogP contribution in [0.1, 0.15) is 5.76 Å². The zero-order valence-electron chi connectivity index (χ0n) is 18.2. The highest BCUT2D eigenvalue weighted by molar-refractivity contribution is 7.92. The summed E-state index contributed by atoms with van der Waals surface area (Å²) in [5.74, 6) is 0.922. The van der Waals surface area contributed by atoms with Crippen LogP contribution < -0.4 is 23.9 Å². The topological polar surface area (TPSA) is 120 Å². The predicted octanol–water partition coefficient (Wildman–Crippen LogP) is 2.65. The molecule has 1 aromatic heterocycles. The first-order valence-electron chi connectivity index (χ1n) is 9.63. The summed E-state index contributed by atoms with van der Waals surface area (Å²) in [6, 6.07) is 13.8. The molecule has 1 amide bonds. The van der Waals surface area contributed by atoms with Gasteiger partial charge in [0.1, 0.15) is 18.1 Å². The molecule has 1 heterocycles. The molecule has 1 N–H and O–H groups in total. The summed E-state index contributed by atoms with van der Waals surface area (Å²) in [4.78, 5) is 12.5. The standard InChI is InChI=1S/C22H23N3O7S/c1-29-17-8-6-16(7-9-17)25(15-22(26)24-23-14-18-5-4-12-32-18)33(27,28)19-10-11-20(30-2)21(13-19)31-3/h4-14H,15H2,1-3H3,(H,24,26). The van der Waals surface area contributed by atoms with Gasteiger partial charge in [0.05, 0.1) is 44.4 Å². The lowest BCUT2D eigenvalue weighted by atomic mass is 10.3. The van der Waals surface area contributed by atoms with Crippen LogP contribution in [0.15, 0.2) is 75.3 Å². The molecule has 0 spiro atoms. The second-order valence-electron chi connectivity index (χ2n) is 6.54. The maximum Gasteiger partial charge on any atom is 0.264 e. The Morgan fingerprint density at radius 3 is 2.36 bits per heavy atom. The van der Waals surface area contributed by atoms with Gasteiger partial charge in [0.15, 0.2) is 11.5 Å². The van der Waals surface area contributed by atoms with E-state index in [0.717, 1.165) is 4.31 Å². The fourth-order valence-corrected chi connectivity index (χ4v) is 4.30. The lowest BCUT2D eigenvalue weighted by molar-refractivity contribution is -0.119. The zero-order chi connectivity index (χ0) is 23.8. The van der Waals surface area contributed by atoms with E-state index < -0.39 is 22.5 Å². The third-order valence-corrected chi connectivity index (χ3v) is 6.28. The van der Waals surface area contributed by atoms with E-state index in [9.17, 15) is 13.2 Å². The van der Waals surface area contributed by atoms with Gasteiger partial charge in [-0.25, -0.2) is 13.8 Å². The highest BCUT2D eigenvalue weighted by atomic mass is 32.2. The van der Waals surface area contributed by atoms with Gasteiger partial charge in [0, 0.05) is 6.07 Å². The van der Waals surface area contributed by atoms with Crippen molar-refractivity contribution < 1.29 is 31.8 Å². The molecule has 33 heavy (non-hydrogen) atoms. The second-order valence-corrected chi connectivity index (χ2v) is 8.40. The van der Waals surface area contributed by atoms with Crippen LogP contribution in [0.25, 0.3) is 0 Å². The number of benzene rings is 2. The molecule has 0 aliphatic carbocycles. The summed E-state index contributed by atoms with van der Waals surface area (Å²) in [6.07, 6.45) is 2.77. The number of ether oxygens (including phenoxy) is 3. The van der Waals surface area contributed by atoms with Crippen molar-refractivity contribution in [3.8, 4) is 17.2 Å². The molecular formula is C22H23N3O7S. The molecule has 3 aromatic rings. The van der Waals surface area contributed by atoms with E-state index in [1.807, 2.05) is 0 Å². The number of anilines is 1. The molecule has 2 aromatic carbocycles. The molecule has 0 unspecified atom stereocenters. The first-order chi connectivity index (χ1) is 15.9. The van der Waals surface area contributed by atoms with E-state index in [1.165, 1.54) is 64.1 Å². The summed E-state index contributed by atoms with van der Waals surface area (Å²) in [5.41, 5.74) is 2.56. The number of hydrogen-bond acceptors (Lipinski definition) is 8. The normalized spacial score (nSPS) is 11.2. The van der Waals surface area contributed by atoms with E-state index in [4.69, 9.17) is 18.6 Å². The number of furan rings is 1. The Morgan fingerprint density at radius 2 is 1.76 bits per heavy atom. The number of hydrazone groups is 1. The van der Waals surface area contributed by atoms with Gasteiger partial charge >= 0.3 is 0 Å². The smallest absolute Gasteiger partial charge is 0.264 e. The van der Waals surface area contributed by atoms with Crippen LogP contribution in [-0.4, -0.2) is 48.4 Å². The maximum absolute atomic E-state index is 13.5. The Labute approximate surface area is 191 Å². The number of nitrogens with zero attached hydrogens (tertiary/aromatic N) is 2. The number of carbonyl (C=O) groups is 1. The van der Waals surface area contributed by atoms with Crippen LogP contribution in [-0.2, 0) is 14.8 Å². The Hall–Kier alpha value is -3.99. The summed E-state index contributed by atoms with van der Waals surface area (Å²) in [7, 11) is 0.179. The quantitative estimate of drug-likeness (QED) is 0.355. The Balaban J connectivity index is 1.92. The zero-order valence-corrected chi connectivity index (χ0v) is 19.0. The van der Waals surface area contributed by atoms with Crippen LogP contribution in [0.3, 0.4) is 0 Å². The first kappa shape index (κ1) is 23.7. The lowest BCUT2D eigenvalue weighted by Gasteiger charge is -2.24. The van der Waals surface area contributed by atoms with E-state index >= 15 is 0 Å². The molecule has 0 bridgehead atoms. The van der Waals surface area contributed by atoms with Gasteiger partial charge in [-0.1, -0.05) is 0 Å². The fraction of sp³-hybridized carbons (Fsp3) is 0.182. The minimum absolute atomic E-state index is 0.0807. The van der Waals surface area contributed by atoms with Crippen LogP contribution >= 0.6 is 0 Å². The van der Waals surface area contributed by atoms with Gasteiger partial charge in [-0.05, 0) is 48.5 Å². The Morgan fingerprint density at radius 1 is 1.03 bits per heavy atom. The van der Waals surface area contributed by atoms with Crippen LogP contribution in [0.2, 0.25) is 0 Å². The number of carbonyl (C=O) groups excluding carboxylic acids is 1. The number of methoxy groups -OCH3 is 3. The summed E-state index contributed by atoms with van der Waals surface area (Å²) < 4.78 is 48.6. The molecule has 0 radical (unpaired) electrons. The molecule has 0 fully saturated rings. The predicted molar refractivity (Wildman–Crippen MR) is 122 cm³/mol. The van der Waals surface area contributed by atoms with Crippen molar-refractivity contribution in [2.75, 3.05) is 32.2 Å². The molecule has 0 aliphatic rings. The fourth-order valence-electron chi connectivity index (χ4n) is 2.87. The summed E-state index contributed by atoms with van der Waals surface area (Å²) in [6.45, 7) is -0.529. The van der Waals surface area contributed by atoms with Crippen molar-refractivity contribution in [1.82, 2.24) is 5.43 Å². The minimum atomic E-state index is -4.17. The second kappa shape index (κ2) is 10.6. The average molecular weight is 474 g/mol. The molecule has 0 saturated heterocycles. The molecule has 11 heteroatoms. The van der Waals surface area contributed by atoms with Gasteiger partial charge in [-0.3, -0.25) is 9.10 Å². The molecule has 0 saturated carbocycles. The van der Waals surface area contributed by atoms with Gasteiger partial charge in [-0.2, -0.15) is 5.10 Å². The molecule has 10 nitrogen and oxygen atoms in total. The largest absolute Gasteiger partial charge is 0.497 e. The van der Waals surface area contributed by atoms with Crippen LogP contribution in [0, 0.1) is 0 Å². The number of rotatable bonds is 10. The average Bonchev–Trinajstić information content (AvgIpc) is 3.35. The third-order valence-electron chi connectivity index (χ3n) is 4.51. The van der Waals surface area contributed by atoms with Gasteiger partial charge in [0.25, 0.3) is 15.9 Å². The van der Waals surface area contributed by atoms with Crippen LogP contribution in [0.5, 0.6) is 17.2 Å². The maximum atomic E-state index is 13.5. The minimum Gasteiger partial charge on any atom is -0.497 e. The van der Waals surface area contributed by atoms with Crippen LogP contribution in [0.4, 0.5) is 5.69 Å². The third kappa shape index (κ3) is 5.63. The molecular weight excluding hydrogens is 450 g/mol. The van der Waals surface area contributed by atoms with Crippen molar-refractivity contribution in [3.05, 3.63) is 66.6 Å². The van der Waals surface area contributed by atoms with E-state index in [0.29, 0.717) is 17.3 Å². The number of amides is 1. The SMILES string of the molecule is COc1ccc(N(CC(=O)NN=Cc2ccco2)S(=O)(=O)c2ccc(OC)c(OC)c2)cc1. The van der Waals surface area contributed by atoms with Crippen molar-refractivity contribution in [3.63, 3.8) is 0 Å². The number of sulfonamides is 1. The van der Waals surface area contributed by atoms with Crippen molar-refractivity contribution in [1.29, 1.82) is 0 Å². The van der Waals surface area contributed by atoms with Gasteiger partial charge in [0.2, 0.25) is 0 Å². The van der Waals surface area contributed by atoms with Crippen molar-refractivity contribution >= 4 is 27.8 Å². The highest BCUT2D eigenvalue weighted by Gasteiger charge is 2.28. The lowest BCUT2D eigenvalue weighted by Crippen LogP contribution is -2.39. The number of nitrogens with one attached hydrogen (secondary N) is 1. The van der Waals surface area contributed by atoms with E-state index in [-0.39, 0.29) is 16.3 Å². The molecule has 0 aliphatic heterocycles. The Bertz CT molecular complexity index is 1210. The van der Waals surface area contributed by atoms with Gasteiger partial charge in [-0.15, -0.1) is 0 Å². The summed E-state index contributed by atoms with van der Waals surface area (Å²) in [5, 5.41) is 3.80. The van der Waals surface area contributed by atoms with Crippen molar-refractivity contribution in [2.24, 2.45) is 5.10 Å². The monoisotopic (exact) mass is 473 g/mol.